The number of nitrogens with one attached hydrogen (secondary N) is 2. The number of benzene rings is 2. The van der Waals surface area contributed by atoms with Gasteiger partial charge < -0.3 is 10.1 Å². The first kappa shape index (κ1) is 16.5. The molecule has 0 atom stereocenters. The summed E-state index contributed by atoms with van der Waals surface area (Å²) in [7, 11) is 0. The van der Waals surface area contributed by atoms with Crippen molar-refractivity contribution in [3.8, 4) is 11.4 Å². The van der Waals surface area contributed by atoms with Gasteiger partial charge in [-0.25, -0.2) is 4.98 Å². The van der Waals surface area contributed by atoms with Crippen LogP contribution < -0.4 is 5.32 Å². The van der Waals surface area contributed by atoms with Crippen molar-refractivity contribution in [2.75, 3.05) is 18.5 Å². The molecule has 0 aliphatic carbocycles. The van der Waals surface area contributed by atoms with Crippen molar-refractivity contribution in [1.82, 2.24) is 15.2 Å². The van der Waals surface area contributed by atoms with E-state index in [0.29, 0.717) is 31.9 Å². The molecule has 26 heavy (non-hydrogen) atoms. The Kier molecular flexibility index (Phi) is 4.50. The lowest BCUT2D eigenvalue weighted by Crippen LogP contribution is -2.44. The van der Waals surface area contributed by atoms with Crippen LogP contribution in [0.5, 0.6) is 0 Å². The average Bonchev–Trinajstić information content (AvgIpc) is 3.24. The van der Waals surface area contributed by atoms with Gasteiger partial charge in [-0.15, -0.1) is 0 Å². The van der Waals surface area contributed by atoms with Gasteiger partial charge in [0.2, 0.25) is 5.91 Å². The highest BCUT2D eigenvalue weighted by molar-refractivity contribution is 5.99. The molecule has 132 valence electrons. The number of aromatic nitrogens is 3. The third-order valence-corrected chi connectivity index (χ3v) is 4.92. The standard InChI is InChI=1S/C20H20N4O2/c25-19(20(9-11-26-12-10-20)16-6-2-1-3-7-16)23-17-8-4-5-15(13-17)18-21-14-22-24-18/h1-8,13-14H,9-12H2,(H,23,25)(H,21,22,24). The number of nitrogens with zero attached hydrogens (tertiary/aromatic N) is 2. The Morgan fingerprint density at radius 1 is 1.08 bits per heavy atom. The van der Waals surface area contributed by atoms with Gasteiger partial charge in [0, 0.05) is 24.5 Å². The van der Waals surface area contributed by atoms with E-state index in [2.05, 4.69) is 20.5 Å². The van der Waals surface area contributed by atoms with Gasteiger partial charge in [0.15, 0.2) is 5.82 Å². The first-order valence-electron chi connectivity index (χ1n) is 8.68. The topological polar surface area (TPSA) is 79.9 Å². The number of rotatable bonds is 4. The second-order valence-corrected chi connectivity index (χ2v) is 6.43. The van der Waals surface area contributed by atoms with Gasteiger partial charge >= 0.3 is 0 Å². The van der Waals surface area contributed by atoms with Gasteiger partial charge in [-0.2, -0.15) is 5.10 Å². The molecule has 3 aromatic rings. The fourth-order valence-electron chi connectivity index (χ4n) is 3.46. The van der Waals surface area contributed by atoms with E-state index >= 15 is 0 Å². The number of H-pyrrole nitrogens is 1. The van der Waals surface area contributed by atoms with Crippen LogP contribution >= 0.6 is 0 Å². The molecule has 1 aliphatic heterocycles. The van der Waals surface area contributed by atoms with E-state index in [1.165, 1.54) is 6.33 Å². The number of aromatic amines is 1. The van der Waals surface area contributed by atoms with E-state index in [-0.39, 0.29) is 5.91 Å². The molecule has 0 bridgehead atoms. The van der Waals surface area contributed by atoms with Gasteiger partial charge in [-0.3, -0.25) is 9.89 Å². The second-order valence-electron chi connectivity index (χ2n) is 6.43. The van der Waals surface area contributed by atoms with Crippen molar-refractivity contribution in [1.29, 1.82) is 0 Å². The molecule has 2 N–H and O–H groups in total. The van der Waals surface area contributed by atoms with Gasteiger partial charge in [0.05, 0.1) is 5.41 Å². The van der Waals surface area contributed by atoms with Crippen LogP contribution in [0.1, 0.15) is 18.4 Å². The summed E-state index contributed by atoms with van der Waals surface area (Å²) in [5.74, 6) is 0.673. The van der Waals surface area contributed by atoms with E-state index in [9.17, 15) is 4.79 Å². The van der Waals surface area contributed by atoms with Crippen molar-refractivity contribution in [2.45, 2.75) is 18.3 Å². The number of carbonyl (C=O) groups excluding carboxylic acids is 1. The van der Waals surface area contributed by atoms with Crippen LogP contribution in [-0.2, 0) is 14.9 Å². The zero-order valence-electron chi connectivity index (χ0n) is 14.3. The summed E-state index contributed by atoms with van der Waals surface area (Å²) in [5, 5.41) is 9.81. The van der Waals surface area contributed by atoms with Crippen LogP contribution in [0.15, 0.2) is 60.9 Å². The minimum atomic E-state index is -0.568. The minimum absolute atomic E-state index is 0.00159. The van der Waals surface area contributed by atoms with Gasteiger partial charge in [-0.1, -0.05) is 42.5 Å². The van der Waals surface area contributed by atoms with Crippen molar-refractivity contribution >= 4 is 11.6 Å². The predicted molar refractivity (Wildman–Crippen MR) is 98.6 cm³/mol. The molecule has 1 saturated heterocycles. The first-order chi connectivity index (χ1) is 12.8. The molecule has 1 aromatic heterocycles. The van der Waals surface area contributed by atoms with Gasteiger partial charge in [-0.05, 0) is 30.5 Å². The summed E-state index contributed by atoms with van der Waals surface area (Å²) >= 11 is 0. The molecule has 1 amide bonds. The zero-order valence-corrected chi connectivity index (χ0v) is 14.3. The van der Waals surface area contributed by atoms with E-state index in [1.807, 2.05) is 54.6 Å². The van der Waals surface area contributed by atoms with Crippen molar-refractivity contribution < 1.29 is 9.53 Å². The maximum Gasteiger partial charge on any atom is 0.235 e. The first-order valence-corrected chi connectivity index (χ1v) is 8.68. The Bertz CT molecular complexity index is 872. The Morgan fingerprint density at radius 2 is 1.88 bits per heavy atom. The fourth-order valence-corrected chi connectivity index (χ4v) is 3.46. The molecule has 2 aromatic carbocycles. The molecule has 1 aliphatic rings. The van der Waals surface area contributed by atoms with Crippen LogP contribution in [0.3, 0.4) is 0 Å². The molecule has 0 spiro atoms. The van der Waals surface area contributed by atoms with Crippen molar-refractivity contribution in [2.24, 2.45) is 0 Å². The molecule has 6 heteroatoms. The van der Waals surface area contributed by atoms with E-state index in [1.54, 1.807) is 0 Å². The number of ether oxygens (including phenoxy) is 1. The van der Waals surface area contributed by atoms with Crippen molar-refractivity contribution in [3.63, 3.8) is 0 Å². The second kappa shape index (κ2) is 7.09. The quantitative estimate of drug-likeness (QED) is 0.759. The van der Waals surface area contributed by atoms with Crippen LogP contribution in [-0.4, -0.2) is 34.3 Å². The van der Waals surface area contributed by atoms with Crippen molar-refractivity contribution in [3.05, 3.63) is 66.5 Å². The Morgan fingerprint density at radius 3 is 2.62 bits per heavy atom. The highest BCUT2D eigenvalue weighted by atomic mass is 16.5. The minimum Gasteiger partial charge on any atom is -0.381 e. The van der Waals surface area contributed by atoms with E-state index in [4.69, 9.17) is 4.74 Å². The van der Waals surface area contributed by atoms with Crippen LogP contribution in [0.2, 0.25) is 0 Å². The van der Waals surface area contributed by atoms with Crippen LogP contribution in [0.4, 0.5) is 5.69 Å². The Hall–Kier alpha value is -2.99. The molecule has 2 heterocycles. The summed E-state index contributed by atoms with van der Waals surface area (Å²) < 4.78 is 5.52. The molecule has 0 radical (unpaired) electrons. The summed E-state index contributed by atoms with van der Waals surface area (Å²) in [6.45, 7) is 1.17. The summed E-state index contributed by atoms with van der Waals surface area (Å²) in [6, 6.07) is 17.6. The predicted octanol–water partition coefficient (Wildman–Crippen LogP) is 3.16. The number of carbonyl (C=O) groups is 1. The lowest BCUT2D eigenvalue weighted by molar-refractivity contribution is -0.125. The van der Waals surface area contributed by atoms with Crippen LogP contribution in [0.25, 0.3) is 11.4 Å². The van der Waals surface area contributed by atoms with Gasteiger partial charge in [0.1, 0.15) is 6.33 Å². The molecule has 0 saturated carbocycles. The number of anilines is 1. The lowest BCUT2D eigenvalue weighted by atomic mass is 9.73. The molecular formula is C20H20N4O2. The Balaban J connectivity index is 1.62. The highest BCUT2D eigenvalue weighted by Crippen LogP contribution is 2.36. The third-order valence-electron chi connectivity index (χ3n) is 4.92. The molecule has 4 rings (SSSR count). The number of amides is 1. The maximum absolute atomic E-state index is 13.3. The van der Waals surface area contributed by atoms with E-state index < -0.39 is 5.41 Å². The monoisotopic (exact) mass is 348 g/mol. The number of hydrogen-bond acceptors (Lipinski definition) is 4. The normalized spacial score (nSPS) is 16.2. The number of hydrogen-bond donors (Lipinski definition) is 2. The lowest BCUT2D eigenvalue weighted by Gasteiger charge is -2.36. The molecule has 0 unspecified atom stereocenters. The highest BCUT2D eigenvalue weighted by Gasteiger charge is 2.41. The van der Waals surface area contributed by atoms with E-state index in [0.717, 1.165) is 16.8 Å². The summed E-state index contributed by atoms with van der Waals surface area (Å²) in [4.78, 5) is 17.4. The SMILES string of the molecule is O=C(Nc1cccc(-c2ncn[nH]2)c1)C1(c2ccccc2)CCOCC1. The molecular weight excluding hydrogens is 328 g/mol. The molecule has 6 nitrogen and oxygen atoms in total. The maximum atomic E-state index is 13.3. The average molecular weight is 348 g/mol. The summed E-state index contributed by atoms with van der Waals surface area (Å²) in [6.07, 6.45) is 2.81. The Labute approximate surface area is 151 Å². The third kappa shape index (κ3) is 3.11. The van der Waals surface area contributed by atoms with Gasteiger partial charge in [0.25, 0.3) is 0 Å². The molecule has 1 fully saturated rings. The fraction of sp³-hybridized carbons (Fsp3) is 0.250. The summed E-state index contributed by atoms with van der Waals surface area (Å²) in [5.41, 5.74) is 2.08. The zero-order chi connectivity index (χ0) is 17.8. The van der Waals surface area contributed by atoms with Crippen LogP contribution in [0, 0.1) is 0 Å². The largest absolute Gasteiger partial charge is 0.381 e. The smallest absolute Gasteiger partial charge is 0.235 e.